The minimum absolute atomic E-state index is 0.213. The zero-order valence-electron chi connectivity index (χ0n) is 12.3. The van der Waals surface area contributed by atoms with Crippen molar-refractivity contribution in [2.24, 2.45) is 4.99 Å². The van der Waals surface area contributed by atoms with Crippen molar-refractivity contribution in [2.45, 2.75) is 57.1 Å². The van der Waals surface area contributed by atoms with Crippen molar-refractivity contribution in [1.82, 2.24) is 5.32 Å². The van der Waals surface area contributed by atoms with Crippen molar-refractivity contribution < 1.29 is 9.53 Å². The first-order chi connectivity index (χ1) is 10.3. The van der Waals surface area contributed by atoms with E-state index in [1.54, 1.807) is 0 Å². The van der Waals surface area contributed by atoms with Gasteiger partial charge in [-0.05, 0) is 12.8 Å². The fourth-order valence-corrected chi connectivity index (χ4v) is 3.03. The summed E-state index contributed by atoms with van der Waals surface area (Å²) in [7, 11) is 0. The Morgan fingerprint density at radius 3 is 2.38 bits per heavy atom. The third-order valence-corrected chi connectivity index (χ3v) is 4.20. The molecule has 2 aliphatic rings. The van der Waals surface area contributed by atoms with E-state index >= 15 is 0 Å². The molecule has 1 aromatic rings. The van der Waals surface area contributed by atoms with Gasteiger partial charge in [-0.3, -0.25) is 4.79 Å². The van der Waals surface area contributed by atoms with Crippen LogP contribution in [0, 0.1) is 0 Å². The molecule has 0 bridgehead atoms. The normalized spacial score (nSPS) is 23.9. The maximum absolute atomic E-state index is 12.0. The molecule has 1 unspecified atom stereocenters. The van der Waals surface area contributed by atoms with Crippen molar-refractivity contribution in [1.29, 1.82) is 0 Å². The van der Waals surface area contributed by atoms with Gasteiger partial charge in [0.2, 0.25) is 6.10 Å². The fraction of sp³-hybridized carbons (Fsp3) is 0.529. The molecule has 1 saturated carbocycles. The van der Waals surface area contributed by atoms with Crippen LogP contribution in [0.4, 0.5) is 0 Å². The number of amides is 1. The molecule has 1 atom stereocenters. The molecule has 112 valence electrons. The second-order valence-electron chi connectivity index (χ2n) is 5.85. The molecule has 1 fully saturated rings. The van der Waals surface area contributed by atoms with Crippen LogP contribution in [0.5, 0.6) is 0 Å². The quantitative estimate of drug-likeness (QED) is 0.907. The Labute approximate surface area is 125 Å². The lowest BCUT2D eigenvalue weighted by molar-refractivity contribution is -0.122. The lowest BCUT2D eigenvalue weighted by Crippen LogP contribution is -2.35. The Bertz CT molecular complexity index is 505. The van der Waals surface area contributed by atoms with Crippen LogP contribution in [0.1, 0.15) is 56.6 Å². The average Bonchev–Trinajstić information content (AvgIpc) is 2.83. The van der Waals surface area contributed by atoms with E-state index in [2.05, 4.69) is 10.3 Å². The summed E-state index contributed by atoms with van der Waals surface area (Å²) in [5.74, 6) is -0.213. The van der Waals surface area contributed by atoms with E-state index in [9.17, 15) is 4.79 Å². The summed E-state index contributed by atoms with van der Waals surface area (Å²) in [4.78, 5) is 16.0. The van der Waals surface area contributed by atoms with E-state index in [4.69, 9.17) is 4.74 Å². The number of nitrogens with zero attached hydrogens (tertiary/aromatic N) is 1. The topological polar surface area (TPSA) is 50.7 Å². The monoisotopic (exact) mass is 286 g/mol. The number of hydrogen-bond acceptors (Lipinski definition) is 3. The van der Waals surface area contributed by atoms with Crippen LogP contribution in [-0.2, 0) is 9.53 Å². The third-order valence-electron chi connectivity index (χ3n) is 4.20. The highest BCUT2D eigenvalue weighted by Gasteiger charge is 2.31. The summed E-state index contributed by atoms with van der Waals surface area (Å²) in [6, 6.07) is 10.3. The van der Waals surface area contributed by atoms with Gasteiger partial charge in [-0.1, -0.05) is 62.4 Å². The van der Waals surface area contributed by atoms with Gasteiger partial charge in [0.1, 0.15) is 0 Å². The molecule has 21 heavy (non-hydrogen) atoms. The summed E-state index contributed by atoms with van der Waals surface area (Å²) in [6.07, 6.45) is 8.11. The molecule has 1 aliphatic carbocycles. The predicted molar refractivity (Wildman–Crippen MR) is 82.0 cm³/mol. The third kappa shape index (κ3) is 3.63. The number of rotatable bonds is 2. The van der Waals surface area contributed by atoms with Gasteiger partial charge >= 0.3 is 0 Å². The van der Waals surface area contributed by atoms with Gasteiger partial charge in [0.15, 0.2) is 0 Å². The molecule has 1 aliphatic heterocycles. The van der Waals surface area contributed by atoms with E-state index < -0.39 is 6.10 Å². The highest BCUT2D eigenvalue weighted by molar-refractivity contribution is 5.99. The van der Waals surface area contributed by atoms with Crippen molar-refractivity contribution in [2.75, 3.05) is 0 Å². The number of ether oxygens (including phenoxy) is 1. The van der Waals surface area contributed by atoms with E-state index in [1.807, 2.05) is 30.3 Å². The van der Waals surface area contributed by atoms with Gasteiger partial charge in [-0.15, -0.1) is 0 Å². The van der Waals surface area contributed by atoms with Gasteiger partial charge in [0.25, 0.3) is 11.9 Å². The lowest BCUT2D eigenvalue weighted by Gasteiger charge is -2.21. The summed E-state index contributed by atoms with van der Waals surface area (Å²) < 4.78 is 5.72. The summed E-state index contributed by atoms with van der Waals surface area (Å²) in [6.45, 7) is 0. The highest BCUT2D eigenvalue weighted by Crippen LogP contribution is 2.24. The first-order valence-corrected chi connectivity index (χ1v) is 7.93. The Hall–Kier alpha value is -1.84. The molecular formula is C17H22N2O2. The van der Waals surface area contributed by atoms with Crippen LogP contribution in [0.3, 0.4) is 0 Å². The highest BCUT2D eigenvalue weighted by atomic mass is 16.5. The molecule has 4 heteroatoms. The SMILES string of the molecule is O=C1N=C(NC2CCCCCCC2)OC1c1ccccc1. The summed E-state index contributed by atoms with van der Waals surface area (Å²) >= 11 is 0. The number of hydrogen-bond donors (Lipinski definition) is 1. The van der Waals surface area contributed by atoms with Crippen LogP contribution < -0.4 is 5.32 Å². The number of amidine groups is 1. The maximum atomic E-state index is 12.0. The van der Waals surface area contributed by atoms with E-state index in [-0.39, 0.29) is 5.91 Å². The predicted octanol–water partition coefficient (Wildman–Crippen LogP) is 3.34. The number of aliphatic imine (C=N–C) groups is 1. The minimum atomic E-state index is -0.581. The fourth-order valence-electron chi connectivity index (χ4n) is 3.03. The maximum Gasteiger partial charge on any atom is 0.296 e. The van der Waals surface area contributed by atoms with Crippen LogP contribution >= 0.6 is 0 Å². The molecule has 0 saturated heterocycles. The van der Waals surface area contributed by atoms with Gasteiger partial charge < -0.3 is 10.1 Å². The van der Waals surface area contributed by atoms with Crippen molar-refractivity contribution >= 4 is 11.9 Å². The molecule has 1 heterocycles. The molecule has 1 aromatic carbocycles. The van der Waals surface area contributed by atoms with Crippen molar-refractivity contribution in [3.8, 4) is 0 Å². The molecule has 1 amide bonds. The second kappa shape index (κ2) is 6.74. The van der Waals surface area contributed by atoms with Crippen LogP contribution in [0.25, 0.3) is 0 Å². The van der Waals surface area contributed by atoms with Gasteiger partial charge in [-0.2, -0.15) is 4.99 Å². The van der Waals surface area contributed by atoms with Gasteiger partial charge in [0, 0.05) is 11.6 Å². The molecule has 3 rings (SSSR count). The largest absolute Gasteiger partial charge is 0.446 e. The second-order valence-corrected chi connectivity index (χ2v) is 5.85. The lowest BCUT2D eigenvalue weighted by atomic mass is 9.97. The molecule has 0 aromatic heterocycles. The Morgan fingerprint density at radius 1 is 1.00 bits per heavy atom. The van der Waals surface area contributed by atoms with E-state index in [0.717, 1.165) is 18.4 Å². The van der Waals surface area contributed by atoms with Crippen LogP contribution in [0.15, 0.2) is 35.3 Å². The molecule has 0 radical (unpaired) electrons. The number of nitrogens with one attached hydrogen (secondary N) is 1. The summed E-state index contributed by atoms with van der Waals surface area (Å²) in [5, 5.41) is 3.32. The standard InChI is InChI=1S/C17H22N2O2/c20-16-15(13-9-5-4-6-10-13)21-17(19-16)18-14-11-7-2-1-3-8-12-14/h4-6,9-10,14-15H,1-3,7-8,11-12H2,(H,18,19,20). The van der Waals surface area contributed by atoms with E-state index in [1.165, 1.54) is 32.1 Å². The smallest absolute Gasteiger partial charge is 0.296 e. The van der Waals surface area contributed by atoms with Crippen molar-refractivity contribution in [3.05, 3.63) is 35.9 Å². The zero-order chi connectivity index (χ0) is 14.5. The molecule has 4 nitrogen and oxygen atoms in total. The van der Waals surface area contributed by atoms with Crippen LogP contribution in [0.2, 0.25) is 0 Å². The Morgan fingerprint density at radius 2 is 1.67 bits per heavy atom. The Kier molecular flexibility index (Phi) is 4.53. The molecule has 0 spiro atoms. The number of benzene rings is 1. The summed E-state index contributed by atoms with van der Waals surface area (Å²) in [5.41, 5.74) is 0.862. The first kappa shape index (κ1) is 14.1. The Balaban J connectivity index is 1.60. The van der Waals surface area contributed by atoms with Gasteiger partial charge in [-0.25, -0.2) is 0 Å². The molecule has 1 N–H and O–H groups in total. The van der Waals surface area contributed by atoms with Crippen molar-refractivity contribution in [3.63, 3.8) is 0 Å². The van der Waals surface area contributed by atoms with Gasteiger partial charge in [0.05, 0.1) is 0 Å². The van der Waals surface area contributed by atoms with Crippen LogP contribution in [-0.4, -0.2) is 18.0 Å². The minimum Gasteiger partial charge on any atom is -0.446 e. The number of carbonyl (C=O) groups excluding carboxylic acids is 1. The molecular weight excluding hydrogens is 264 g/mol. The average molecular weight is 286 g/mol. The van der Waals surface area contributed by atoms with E-state index in [0.29, 0.717) is 12.1 Å². The number of carbonyl (C=O) groups is 1. The first-order valence-electron chi connectivity index (χ1n) is 7.93. The zero-order valence-corrected chi connectivity index (χ0v) is 12.3.